The molecule has 0 N–H and O–H groups in total. The molecule has 0 heterocycles. The molecular formula is C13H22Br2O4. The van der Waals surface area contributed by atoms with Crippen LogP contribution in [-0.2, 0) is 19.1 Å². The van der Waals surface area contributed by atoms with E-state index in [1.807, 2.05) is 13.8 Å². The second kappa shape index (κ2) is 6.57. The average molecular weight is 402 g/mol. The first-order valence-corrected chi connectivity index (χ1v) is 7.56. The molecule has 0 aromatic rings. The molecule has 0 aromatic heterocycles. The van der Waals surface area contributed by atoms with Crippen LogP contribution in [0.15, 0.2) is 0 Å². The van der Waals surface area contributed by atoms with Crippen LogP contribution in [0.2, 0.25) is 0 Å². The van der Waals surface area contributed by atoms with E-state index in [1.165, 1.54) is 0 Å². The summed E-state index contributed by atoms with van der Waals surface area (Å²) in [6, 6.07) is 0. The maximum atomic E-state index is 11.6. The molecule has 4 nitrogen and oxygen atoms in total. The van der Waals surface area contributed by atoms with Gasteiger partial charge < -0.3 is 9.47 Å². The SMILES string of the molecule is CC(C)(COC(=O)C(C)(C)Br)COC(=O)C(C)(C)Br. The highest BCUT2D eigenvalue weighted by molar-refractivity contribution is 9.10. The molecule has 0 fully saturated rings. The second-order valence-corrected chi connectivity index (χ2v) is 10.2. The number of hydrogen-bond acceptors (Lipinski definition) is 4. The Morgan fingerprint density at radius 3 is 1.26 bits per heavy atom. The minimum atomic E-state index is -0.711. The zero-order valence-electron chi connectivity index (χ0n) is 12.3. The molecule has 0 atom stereocenters. The molecule has 0 aliphatic rings. The topological polar surface area (TPSA) is 52.6 Å². The number of hydrogen-bond donors (Lipinski definition) is 0. The van der Waals surface area contributed by atoms with Crippen molar-refractivity contribution in [1.29, 1.82) is 0 Å². The first-order valence-electron chi connectivity index (χ1n) is 5.98. The number of ether oxygens (including phenoxy) is 2. The Kier molecular flexibility index (Phi) is 6.53. The molecular weight excluding hydrogens is 380 g/mol. The summed E-state index contributed by atoms with van der Waals surface area (Å²) in [5.41, 5.74) is -0.429. The normalized spacial score (nSPS) is 13.1. The van der Waals surface area contributed by atoms with Gasteiger partial charge in [0, 0.05) is 5.41 Å². The zero-order chi connectivity index (χ0) is 15.5. The van der Waals surface area contributed by atoms with Crippen molar-refractivity contribution in [2.24, 2.45) is 5.41 Å². The minimum absolute atomic E-state index is 0.191. The largest absolute Gasteiger partial charge is 0.464 e. The van der Waals surface area contributed by atoms with Gasteiger partial charge in [-0.15, -0.1) is 0 Å². The fraction of sp³-hybridized carbons (Fsp3) is 0.846. The average Bonchev–Trinajstić information content (AvgIpc) is 2.20. The van der Waals surface area contributed by atoms with Crippen LogP contribution in [0.5, 0.6) is 0 Å². The molecule has 0 unspecified atom stereocenters. The van der Waals surface area contributed by atoms with E-state index in [0.717, 1.165) is 0 Å². The lowest BCUT2D eigenvalue weighted by Gasteiger charge is -2.26. The minimum Gasteiger partial charge on any atom is -0.464 e. The van der Waals surface area contributed by atoms with E-state index in [4.69, 9.17) is 9.47 Å². The van der Waals surface area contributed by atoms with Crippen molar-refractivity contribution in [2.75, 3.05) is 13.2 Å². The van der Waals surface area contributed by atoms with Gasteiger partial charge >= 0.3 is 11.9 Å². The first kappa shape index (κ1) is 18.9. The number of alkyl halides is 2. The predicted octanol–water partition coefficient (Wildman–Crippen LogP) is 3.45. The van der Waals surface area contributed by atoms with Gasteiger partial charge in [-0.05, 0) is 27.7 Å². The van der Waals surface area contributed by atoms with Gasteiger partial charge in [-0.25, -0.2) is 0 Å². The van der Waals surface area contributed by atoms with Gasteiger partial charge in [-0.3, -0.25) is 9.59 Å². The summed E-state index contributed by atoms with van der Waals surface area (Å²) in [5, 5.41) is 0. The van der Waals surface area contributed by atoms with E-state index in [9.17, 15) is 9.59 Å². The highest BCUT2D eigenvalue weighted by atomic mass is 79.9. The molecule has 0 bridgehead atoms. The predicted molar refractivity (Wildman–Crippen MR) is 81.7 cm³/mol. The van der Waals surface area contributed by atoms with Crippen molar-refractivity contribution in [3.8, 4) is 0 Å². The maximum Gasteiger partial charge on any atom is 0.322 e. The third-order valence-corrected chi connectivity index (χ3v) is 2.81. The second-order valence-electron chi connectivity index (χ2n) is 6.26. The number of rotatable bonds is 6. The lowest BCUT2D eigenvalue weighted by atomic mass is 9.96. The van der Waals surface area contributed by atoms with Crippen LogP contribution in [0.3, 0.4) is 0 Å². The molecule has 0 aliphatic carbocycles. The quantitative estimate of drug-likeness (QED) is 0.505. The molecule has 0 aliphatic heterocycles. The molecule has 19 heavy (non-hydrogen) atoms. The lowest BCUT2D eigenvalue weighted by Crippen LogP contribution is -2.35. The molecule has 0 saturated heterocycles. The number of carbonyl (C=O) groups excluding carboxylic acids is 2. The first-order chi connectivity index (χ1) is 8.26. The third-order valence-electron chi connectivity index (χ3n) is 2.16. The van der Waals surface area contributed by atoms with Gasteiger partial charge in [0.05, 0.1) is 13.2 Å². The Morgan fingerprint density at radius 1 is 0.789 bits per heavy atom. The van der Waals surface area contributed by atoms with Gasteiger partial charge in [0.15, 0.2) is 0 Å². The van der Waals surface area contributed by atoms with Crippen LogP contribution >= 0.6 is 31.9 Å². The van der Waals surface area contributed by atoms with Crippen molar-refractivity contribution < 1.29 is 19.1 Å². The summed E-state index contributed by atoms with van der Waals surface area (Å²) < 4.78 is 8.98. The smallest absolute Gasteiger partial charge is 0.322 e. The maximum absolute atomic E-state index is 11.6. The van der Waals surface area contributed by atoms with E-state index in [-0.39, 0.29) is 25.2 Å². The lowest BCUT2D eigenvalue weighted by molar-refractivity contribution is -0.154. The summed E-state index contributed by atoms with van der Waals surface area (Å²) in [5.74, 6) is -0.680. The molecule has 0 spiro atoms. The summed E-state index contributed by atoms with van der Waals surface area (Å²) in [7, 11) is 0. The summed E-state index contributed by atoms with van der Waals surface area (Å²) >= 11 is 6.47. The van der Waals surface area contributed by atoms with E-state index < -0.39 is 14.1 Å². The van der Waals surface area contributed by atoms with Crippen LogP contribution in [0.25, 0.3) is 0 Å². The highest BCUT2D eigenvalue weighted by Crippen LogP contribution is 2.23. The zero-order valence-corrected chi connectivity index (χ0v) is 15.5. The summed E-state index contributed by atoms with van der Waals surface area (Å²) in [6.07, 6.45) is 0. The van der Waals surface area contributed by atoms with Gasteiger partial charge in [0.1, 0.15) is 8.65 Å². The van der Waals surface area contributed by atoms with Crippen LogP contribution in [0.1, 0.15) is 41.5 Å². The highest BCUT2D eigenvalue weighted by Gasteiger charge is 2.31. The Labute approximate surface area is 131 Å². The number of esters is 2. The van der Waals surface area contributed by atoms with E-state index in [2.05, 4.69) is 31.9 Å². The molecule has 6 heteroatoms. The number of carbonyl (C=O) groups is 2. The molecule has 0 saturated carbocycles. The number of halogens is 2. The Bertz CT molecular complexity index is 306. The molecule has 0 radical (unpaired) electrons. The van der Waals surface area contributed by atoms with Crippen molar-refractivity contribution >= 4 is 43.8 Å². The van der Waals surface area contributed by atoms with Gasteiger partial charge in [0.2, 0.25) is 0 Å². The monoisotopic (exact) mass is 400 g/mol. The van der Waals surface area contributed by atoms with Crippen LogP contribution < -0.4 is 0 Å². The molecule has 0 aromatic carbocycles. The van der Waals surface area contributed by atoms with Crippen LogP contribution in [0, 0.1) is 5.41 Å². The fourth-order valence-electron chi connectivity index (χ4n) is 0.907. The van der Waals surface area contributed by atoms with Crippen LogP contribution in [0.4, 0.5) is 0 Å². The summed E-state index contributed by atoms with van der Waals surface area (Å²) in [6.45, 7) is 11.0. The van der Waals surface area contributed by atoms with E-state index in [0.29, 0.717) is 0 Å². The van der Waals surface area contributed by atoms with Gasteiger partial charge in [0.25, 0.3) is 0 Å². The Hall–Kier alpha value is -0.100. The van der Waals surface area contributed by atoms with Crippen molar-refractivity contribution in [3.05, 3.63) is 0 Å². The van der Waals surface area contributed by atoms with E-state index in [1.54, 1.807) is 27.7 Å². The Morgan fingerprint density at radius 2 is 1.05 bits per heavy atom. The summed E-state index contributed by atoms with van der Waals surface area (Å²) in [4.78, 5) is 23.2. The molecule has 0 amide bonds. The van der Waals surface area contributed by atoms with Crippen molar-refractivity contribution in [3.63, 3.8) is 0 Å². The van der Waals surface area contributed by atoms with Crippen molar-refractivity contribution in [2.45, 2.75) is 50.2 Å². The molecule has 112 valence electrons. The van der Waals surface area contributed by atoms with Gasteiger partial charge in [-0.2, -0.15) is 0 Å². The van der Waals surface area contributed by atoms with E-state index >= 15 is 0 Å². The molecule has 0 rings (SSSR count). The van der Waals surface area contributed by atoms with Crippen molar-refractivity contribution in [1.82, 2.24) is 0 Å². The fourth-order valence-corrected chi connectivity index (χ4v) is 1.14. The van der Waals surface area contributed by atoms with Crippen LogP contribution in [-0.4, -0.2) is 33.8 Å². The third kappa shape index (κ3) is 7.92. The van der Waals surface area contributed by atoms with Gasteiger partial charge in [-0.1, -0.05) is 45.7 Å². The standard InChI is InChI=1S/C13H22Br2O4/c1-11(2,7-18-9(16)12(3,4)14)8-19-10(17)13(5,6)15/h7-8H2,1-6H3. The Balaban J connectivity index is 4.28.